The Labute approximate surface area is 177 Å². The molecule has 4 nitrogen and oxygen atoms in total. The molecule has 1 N–H and O–H groups in total. The second-order valence-electron chi connectivity index (χ2n) is 5.13. The molecule has 0 aromatic heterocycles. The van der Waals surface area contributed by atoms with Crippen LogP contribution < -0.4 is 14.2 Å². The molecule has 0 aliphatic heterocycles. The number of hydrogen-bond donors (Lipinski definition) is 1. The highest BCUT2D eigenvalue weighted by Gasteiger charge is 2.07. The van der Waals surface area contributed by atoms with E-state index in [-0.39, 0.29) is 16.9 Å². The molecular weight excluding hydrogens is 328 g/mol. The normalized spacial score (nSPS) is 24.2. The molecule has 2 rings (SSSR count). The zero-order valence-electron chi connectivity index (χ0n) is 29.6. The fourth-order valence-electron chi connectivity index (χ4n) is 1.83. The van der Waals surface area contributed by atoms with E-state index in [2.05, 4.69) is 0 Å². The van der Waals surface area contributed by atoms with Gasteiger partial charge in [-0.15, -0.1) is 0 Å². The number of methoxy groups -OCH3 is 2. The van der Waals surface area contributed by atoms with Crippen LogP contribution in [0.15, 0.2) is 36.3 Å². The van der Waals surface area contributed by atoms with Crippen LogP contribution in [-0.4, -0.2) is 31.9 Å². The molecule has 26 heavy (non-hydrogen) atoms. The fourth-order valence-corrected chi connectivity index (χ4v) is 1.83. The molecule has 2 aromatic carbocycles. The van der Waals surface area contributed by atoms with Gasteiger partial charge in [0.25, 0.3) is 0 Å². The van der Waals surface area contributed by atoms with Gasteiger partial charge in [0, 0.05) is 8.22 Å². The van der Waals surface area contributed by atoms with E-state index in [1.165, 1.54) is 21.0 Å². The summed E-state index contributed by atoms with van der Waals surface area (Å²) in [5.74, 6) is -1.43. The van der Waals surface area contributed by atoms with Crippen molar-refractivity contribution in [3.8, 4) is 17.2 Å². The Hall–Kier alpha value is -2.20. The summed E-state index contributed by atoms with van der Waals surface area (Å²) in [5, 5.41) is 10.8. The van der Waals surface area contributed by atoms with Gasteiger partial charge < -0.3 is 19.3 Å². The summed E-state index contributed by atoms with van der Waals surface area (Å²) in [6.45, 7) is -0.892. The van der Waals surface area contributed by atoms with E-state index in [4.69, 9.17) is 34.8 Å². The molecule has 0 saturated heterocycles. The molecule has 0 aliphatic carbocycles. The Bertz CT molecular complexity index is 1260. The molecule has 0 heterocycles. The highest BCUT2D eigenvalue weighted by molar-refractivity contribution is 5.42. The summed E-state index contributed by atoms with van der Waals surface area (Å²) < 4.78 is 135. The van der Waals surface area contributed by atoms with Crippen molar-refractivity contribution in [3.05, 3.63) is 53.0 Å². The van der Waals surface area contributed by atoms with Crippen molar-refractivity contribution < 1.29 is 39.9 Å². The molecule has 1 atom stereocenters. The highest BCUT2D eigenvalue weighted by atomic mass is 16.5. The van der Waals surface area contributed by atoms with Gasteiger partial charge in [-0.1, -0.05) is 18.5 Å². The third-order valence-corrected chi connectivity index (χ3v) is 3.33. The lowest BCUT2D eigenvalue weighted by atomic mass is 10.0. The SMILES string of the molecule is [2H]c1c([2H])c(OC([2H])([2H])C([2H])(O)C([2H])([2H])CC([2H])([2H])C([2H])([2H])c2ccc(OC)c(OC([2H])([2H])[2H])c2)c([2H])c(C)c1C. The molecule has 0 bridgehead atoms. The number of aliphatic hydroxyl groups is 1. The molecule has 2 aromatic rings. The maximum absolute atomic E-state index is 10.8. The second-order valence-corrected chi connectivity index (χ2v) is 5.13. The minimum Gasteiger partial charge on any atom is -0.493 e. The monoisotopic (exact) mass is 373 g/mol. The summed E-state index contributed by atoms with van der Waals surface area (Å²) in [6, 6.07) is 1.28. The number of ether oxygens (including phenoxy) is 3. The first-order valence-electron chi connectivity index (χ1n) is 15.1. The van der Waals surface area contributed by atoms with Crippen LogP contribution in [-0.2, 0) is 6.37 Å². The highest BCUT2D eigenvalue weighted by Crippen LogP contribution is 2.28. The van der Waals surface area contributed by atoms with Crippen LogP contribution in [0, 0.1) is 13.8 Å². The standard InChI is InChI=1S/C22H30O4/c1-16-9-11-20(13-17(16)2)26-15-19(23)8-6-5-7-18-10-12-21(24-3)22(14-18)25-4/h9-14,19,23H,5-8,15H2,1-4H3/i4D3,5D2,7D2,8D2,9D,11D,13D,15D2,19D. The first kappa shape index (κ1) is 7.81. The molecule has 0 spiro atoms. The van der Waals surface area contributed by atoms with Crippen molar-refractivity contribution in [2.45, 2.75) is 45.5 Å². The van der Waals surface area contributed by atoms with E-state index in [0.29, 0.717) is 0 Å². The molecule has 0 amide bonds. The number of benzene rings is 2. The summed E-state index contributed by atoms with van der Waals surface area (Å²) >= 11 is 0. The minimum atomic E-state index is -3.95. The van der Waals surface area contributed by atoms with Crippen molar-refractivity contribution in [1.29, 1.82) is 0 Å². The van der Waals surface area contributed by atoms with Crippen LogP contribution in [0.1, 0.15) is 56.4 Å². The van der Waals surface area contributed by atoms with E-state index in [0.717, 1.165) is 18.2 Å². The van der Waals surface area contributed by atoms with Crippen LogP contribution in [0.25, 0.3) is 0 Å². The van der Waals surface area contributed by atoms with Gasteiger partial charge in [0.2, 0.25) is 0 Å². The van der Waals surface area contributed by atoms with Crippen molar-refractivity contribution in [2.75, 3.05) is 20.7 Å². The van der Waals surface area contributed by atoms with Gasteiger partial charge in [-0.05, 0) is 73.9 Å². The summed E-state index contributed by atoms with van der Waals surface area (Å²) in [5.41, 5.74) is -0.146. The molecule has 4 heteroatoms. The quantitative estimate of drug-likeness (QED) is 0.667. The van der Waals surface area contributed by atoms with Gasteiger partial charge in [-0.25, -0.2) is 0 Å². The van der Waals surface area contributed by atoms with Crippen molar-refractivity contribution >= 4 is 0 Å². The Kier molecular flexibility index (Phi) is 3.03. The van der Waals surface area contributed by atoms with Gasteiger partial charge in [0.05, 0.1) is 32.6 Å². The Morgan fingerprint density at radius 1 is 1.23 bits per heavy atom. The summed E-state index contributed by atoms with van der Waals surface area (Å²) in [6.07, 6.45) is -15.5. The van der Waals surface area contributed by atoms with Gasteiger partial charge in [-0.3, -0.25) is 0 Å². The maximum Gasteiger partial charge on any atom is 0.160 e. The second kappa shape index (κ2) is 10.1. The lowest BCUT2D eigenvalue weighted by Gasteiger charge is -2.13. The smallest absolute Gasteiger partial charge is 0.160 e. The number of hydrogen-bond acceptors (Lipinski definition) is 4. The number of aryl methyl sites for hydroxylation is 1. The van der Waals surface area contributed by atoms with Crippen LogP contribution in [0.3, 0.4) is 0 Å². The lowest BCUT2D eigenvalue weighted by Crippen LogP contribution is -2.17. The minimum absolute atomic E-state index is 0.118. The lowest BCUT2D eigenvalue weighted by molar-refractivity contribution is 0.0976. The van der Waals surface area contributed by atoms with Crippen molar-refractivity contribution in [3.63, 3.8) is 0 Å². The average molecular weight is 374 g/mol. The Balaban J connectivity index is 2.49. The van der Waals surface area contributed by atoms with Gasteiger partial charge >= 0.3 is 0 Å². The fraction of sp³-hybridized carbons (Fsp3) is 0.455. The summed E-state index contributed by atoms with van der Waals surface area (Å²) in [4.78, 5) is 0. The molecule has 1 unspecified atom stereocenters. The zero-order valence-corrected chi connectivity index (χ0v) is 14.6. The van der Waals surface area contributed by atoms with Crippen LogP contribution >= 0.6 is 0 Å². The van der Waals surface area contributed by atoms with E-state index in [1.54, 1.807) is 0 Å². The molecule has 0 radical (unpaired) electrons. The molecule has 0 fully saturated rings. The van der Waals surface area contributed by atoms with Gasteiger partial charge in [0.15, 0.2) is 11.5 Å². The predicted molar refractivity (Wildman–Crippen MR) is 105 cm³/mol. The number of rotatable bonds is 10. The van der Waals surface area contributed by atoms with Crippen LogP contribution in [0.2, 0.25) is 0 Å². The first-order chi connectivity index (χ1) is 18.2. The third kappa shape index (κ3) is 5.95. The first-order valence-corrected chi connectivity index (χ1v) is 7.60. The van der Waals surface area contributed by atoms with Crippen LogP contribution in [0.5, 0.6) is 17.2 Å². The average Bonchev–Trinajstić information content (AvgIpc) is 2.82. The topological polar surface area (TPSA) is 47.9 Å². The summed E-state index contributed by atoms with van der Waals surface area (Å²) in [7, 11) is -1.79. The van der Waals surface area contributed by atoms with Crippen molar-refractivity contribution in [1.82, 2.24) is 0 Å². The Morgan fingerprint density at radius 2 is 2.08 bits per heavy atom. The maximum atomic E-state index is 10.8. The van der Waals surface area contributed by atoms with E-state index in [1.807, 2.05) is 0 Å². The molecule has 142 valence electrons. The molecule has 0 saturated carbocycles. The van der Waals surface area contributed by atoms with E-state index in [9.17, 15) is 5.11 Å². The molecular formula is C22H30O4. The zero-order chi connectivity index (χ0) is 32.1. The van der Waals surface area contributed by atoms with Crippen molar-refractivity contribution in [2.24, 2.45) is 0 Å². The van der Waals surface area contributed by atoms with E-state index < -0.39 is 80.4 Å². The van der Waals surface area contributed by atoms with Gasteiger partial charge in [0.1, 0.15) is 12.3 Å². The third-order valence-electron chi connectivity index (χ3n) is 3.33. The van der Waals surface area contributed by atoms with Crippen LogP contribution in [0.4, 0.5) is 0 Å². The molecule has 0 aliphatic rings. The largest absolute Gasteiger partial charge is 0.493 e. The van der Waals surface area contributed by atoms with E-state index >= 15 is 0 Å². The Morgan fingerprint density at radius 3 is 2.85 bits per heavy atom. The predicted octanol–water partition coefficient (Wildman–Crippen LogP) is 4.47. The van der Waals surface area contributed by atoms with Gasteiger partial charge in [-0.2, -0.15) is 0 Å².